The van der Waals surface area contributed by atoms with E-state index in [1.54, 1.807) is 19.9 Å². The van der Waals surface area contributed by atoms with Gasteiger partial charge in [-0.25, -0.2) is 12.8 Å². The van der Waals surface area contributed by atoms with Crippen LogP contribution in [0.25, 0.3) is 0 Å². The second-order valence-corrected chi connectivity index (χ2v) is 6.26. The van der Waals surface area contributed by atoms with Gasteiger partial charge in [-0.1, -0.05) is 20.3 Å². The normalized spacial score (nSPS) is 14.2. The summed E-state index contributed by atoms with van der Waals surface area (Å²) in [4.78, 5) is 10.7. The highest BCUT2D eigenvalue weighted by Gasteiger charge is 2.30. The molecule has 1 aromatic rings. The number of carbonyl (C=O) groups is 1. The molecule has 0 amide bonds. The minimum absolute atomic E-state index is 0.379. The number of halogens is 1. The summed E-state index contributed by atoms with van der Waals surface area (Å²) in [5, 5.41) is 18.0. The molecular weight excluding hydrogens is 299 g/mol. The lowest BCUT2D eigenvalue weighted by molar-refractivity contribution is -0.140. The maximum atomic E-state index is 13.0. The van der Waals surface area contributed by atoms with Gasteiger partial charge in [0.25, 0.3) is 0 Å². The van der Waals surface area contributed by atoms with E-state index in [0.717, 1.165) is 18.2 Å². The van der Waals surface area contributed by atoms with Crippen LogP contribution in [0.2, 0.25) is 0 Å². The maximum absolute atomic E-state index is 13.0. The third-order valence-electron chi connectivity index (χ3n) is 3.11. The molecule has 6 nitrogen and oxygen atoms in total. The highest BCUT2D eigenvalue weighted by Crippen LogP contribution is 2.18. The summed E-state index contributed by atoms with van der Waals surface area (Å²) < 4.78 is 39.5. The average Bonchev–Trinajstić information content (AvgIpc) is 2.43. The van der Waals surface area contributed by atoms with Gasteiger partial charge in [-0.2, -0.15) is 9.98 Å². The molecule has 1 rings (SSSR count). The van der Waals surface area contributed by atoms with Crippen molar-refractivity contribution in [2.45, 2.75) is 31.2 Å². The first-order chi connectivity index (χ1) is 9.72. The van der Waals surface area contributed by atoms with E-state index in [9.17, 15) is 17.6 Å². The number of hydrogen-bond acceptors (Lipinski definition) is 4. The van der Waals surface area contributed by atoms with Gasteiger partial charge in [0.05, 0.1) is 10.5 Å². The fraction of sp³-hybridized carbons (Fsp3) is 0.385. The Balaban J connectivity index is 3.23. The van der Waals surface area contributed by atoms with Crippen LogP contribution >= 0.6 is 0 Å². The predicted octanol–water partition coefficient (Wildman–Crippen LogP) is 1.47. The van der Waals surface area contributed by atoms with Gasteiger partial charge in [0.2, 0.25) is 10.0 Å². The van der Waals surface area contributed by atoms with Gasteiger partial charge in [-0.05, 0) is 24.1 Å². The summed E-state index contributed by atoms with van der Waals surface area (Å²) >= 11 is 0. The van der Waals surface area contributed by atoms with Crippen molar-refractivity contribution in [1.82, 2.24) is 4.72 Å². The maximum Gasteiger partial charge on any atom is 0.322 e. The molecule has 21 heavy (non-hydrogen) atoms. The molecule has 0 aliphatic rings. The zero-order valence-electron chi connectivity index (χ0n) is 11.5. The fourth-order valence-electron chi connectivity index (χ4n) is 1.70. The van der Waals surface area contributed by atoms with Crippen molar-refractivity contribution in [3.63, 3.8) is 0 Å². The average molecular weight is 314 g/mol. The Bertz CT molecular complexity index is 682. The largest absolute Gasteiger partial charge is 0.480 e. The van der Waals surface area contributed by atoms with Crippen LogP contribution in [0.5, 0.6) is 0 Å². The Morgan fingerprint density at radius 2 is 2.14 bits per heavy atom. The van der Waals surface area contributed by atoms with Gasteiger partial charge in [-0.15, -0.1) is 0 Å². The first kappa shape index (κ1) is 17.1. The summed E-state index contributed by atoms with van der Waals surface area (Å²) in [6.45, 7) is 3.32. The van der Waals surface area contributed by atoms with Crippen LogP contribution in [0.4, 0.5) is 4.39 Å². The highest BCUT2D eigenvalue weighted by atomic mass is 32.2. The molecule has 0 saturated carbocycles. The molecule has 0 unspecified atom stereocenters. The number of benzene rings is 1. The molecule has 1 aromatic carbocycles. The van der Waals surface area contributed by atoms with Crippen molar-refractivity contribution in [3.8, 4) is 6.07 Å². The lowest BCUT2D eigenvalue weighted by Gasteiger charge is -2.20. The summed E-state index contributed by atoms with van der Waals surface area (Å²) in [5.74, 6) is -2.50. The number of sulfonamides is 1. The third-order valence-corrected chi connectivity index (χ3v) is 4.61. The first-order valence-electron chi connectivity index (χ1n) is 6.17. The van der Waals surface area contributed by atoms with Crippen molar-refractivity contribution in [1.29, 1.82) is 5.26 Å². The van der Waals surface area contributed by atoms with Crippen molar-refractivity contribution >= 4 is 16.0 Å². The molecule has 0 heterocycles. The number of hydrogen-bond donors (Lipinski definition) is 2. The molecule has 0 aliphatic carbocycles. The number of aliphatic carboxylic acids is 1. The molecule has 0 aromatic heterocycles. The van der Waals surface area contributed by atoms with E-state index in [-0.39, 0.29) is 5.56 Å². The first-order valence-corrected chi connectivity index (χ1v) is 7.66. The van der Waals surface area contributed by atoms with E-state index in [0.29, 0.717) is 6.42 Å². The third kappa shape index (κ3) is 4.00. The van der Waals surface area contributed by atoms with E-state index in [4.69, 9.17) is 10.4 Å². The highest BCUT2D eigenvalue weighted by molar-refractivity contribution is 7.89. The number of rotatable bonds is 6. The molecule has 114 valence electrons. The van der Waals surface area contributed by atoms with Crippen LogP contribution in [0.15, 0.2) is 23.1 Å². The fourth-order valence-corrected chi connectivity index (χ4v) is 3.14. The van der Waals surface area contributed by atoms with Crippen LogP contribution in [-0.4, -0.2) is 25.5 Å². The van der Waals surface area contributed by atoms with Crippen molar-refractivity contribution in [2.75, 3.05) is 0 Å². The second-order valence-electron chi connectivity index (χ2n) is 4.58. The van der Waals surface area contributed by atoms with E-state index in [1.165, 1.54) is 0 Å². The van der Waals surface area contributed by atoms with Crippen molar-refractivity contribution in [3.05, 3.63) is 29.6 Å². The summed E-state index contributed by atoms with van der Waals surface area (Å²) in [5.41, 5.74) is -0.379. The van der Waals surface area contributed by atoms with Crippen LogP contribution < -0.4 is 4.72 Å². The van der Waals surface area contributed by atoms with Gasteiger partial charge in [0, 0.05) is 0 Å². The number of nitrogens with zero attached hydrogens (tertiary/aromatic N) is 1. The van der Waals surface area contributed by atoms with Gasteiger partial charge >= 0.3 is 5.97 Å². The molecule has 2 atom stereocenters. The van der Waals surface area contributed by atoms with Gasteiger partial charge < -0.3 is 5.11 Å². The standard InChI is InChI=1S/C13H15FN2O4S/c1-3-8(2)12(13(17)18)16-21(19,20)11-5-4-10(14)6-9(11)7-15/h4-6,8,12,16H,3H2,1-2H3,(H,17,18)/t8-,12-/m0/s1. The van der Waals surface area contributed by atoms with Crippen molar-refractivity contribution < 1.29 is 22.7 Å². The number of nitrogens with one attached hydrogen (secondary N) is 1. The van der Waals surface area contributed by atoms with Crippen molar-refractivity contribution in [2.24, 2.45) is 5.92 Å². The zero-order valence-corrected chi connectivity index (χ0v) is 12.3. The van der Waals surface area contributed by atoms with E-state index < -0.39 is 38.7 Å². The Morgan fingerprint density at radius 1 is 1.52 bits per heavy atom. The minimum atomic E-state index is -4.24. The number of carboxylic acid groups (broad SMARTS) is 1. The topological polar surface area (TPSA) is 107 Å². The molecule has 0 aliphatic heterocycles. The summed E-state index contributed by atoms with van der Waals surface area (Å²) in [6, 6.07) is 2.88. The smallest absolute Gasteiger partial charge is 0.322 e. The molecule has 0 spiro atoms. The van der Waals surface area contributed by atoms with Gasteiger partial charge in [0.1, 0.15) is 17.9 Å². The lowest BCUT2D eigenvalue weighted by Crippen LogP contribution is -2.45. The molecule has 0 radical (unpaired) electrons. The minimum Gasteiger partial charge on any atom is -0.480 e. The Morgan fingerprint density at radius 3 is 2.62 bits per heavy atom. The Labute approximate surface area is 122 Å². The molecular formula is C13H15FN2O4S. The van der Waals surface area contributed by atoms with E-state index in [1.807, 2.05) is 0 Å². The lowest BCUT2D eigenvalue weighted by atomic mass is 10.0. The Kier molecular flexibility index (Phi) is 5.41. The van der Waals surface area contributed by atoms with Crippen LogP contribution in [0, 0.1) is 23.1 Å². The predicted molar refractivity (Wildman–Crippen MR) is 72.3 cm³/mol. The van der Waals surface area contributed by atoms with Gasteiger partial charge in [0.15, 0.2) is 0 Å². The molecule has 0 fully saturated rings. The summed E-state index contributed by atoms with van der Waals surface area (Å²) in [7, 11) is -4.24. The van der Waals surface area contributed by atoms with Gasteiger partial charge in [-0.3, -0.25) is 4.79 Å². The number of carboxylic acids is 1. The monoisotopic (exact) mass is 314 g/mol. The van der Waals surface area contributed by atoms with E-state index in [2.05, 4.69) is 4.72 Å². The SMILES string of the molecule is CC[C@H](C)[C@H](NS(=O)(=O)c1ccc(F)cc1C#N)C(=O)O. The van der Waals surface area contributed by atoms with Crippen LogP contribution in [0.1, 0.15) is 25.8 Å². The van der Waals surface area contributed by atoms with Crippen LogP contribution in [-0.2, 0) is 14.8 Å². The number of nitriles is 1. The molecule has 8 heteroatoms. The van der Waals surface area contributed by atoms with Crippen LogP contribution in [0.3, 0.4) is 0 Å². The summed E-state index contributed by atoms with van der Waals surface area (Å²) in [6.07, 6.45) is 0.452. The second kappa shape index (κ2) is 6.65. The quantitative estimate of drug-likeness (QED) is 0.827. The molecule has 0 bridgehead atoms. The zero-order chi connectivity index (χ0) is 16.2. The molecule has 2 N–H and O–H groups in total. The van der Waals surface area contributed by atoms with E-state index >= 15 is 0 Å². The molecule has 0 saturated heterocycles. The Hall–Kier alpha value is -1.98.